The number of likely N-dealkylation sites (N-methyl/N-ethyl adjacent to an activating group) is 1. The van der Waals surface area contributed by atoms with Gasteiger partial charge in [-0.25, -0.2) is 4.39 Å². The van der Waals surface area contributed by atoms with Crippen LogP contribution in [-0.4, -0.2) is 49.6 Å². The van der Waals surface area contributed by atoms with Crippen molar-refractivity contribution in [2.45, 2.75) is 6.54 Å². The number of piperazine rings is 1. The Morgan fingerprint density at radius 2 is 1.95 bits per heavy atom. The molecule has 102 valence electrons. The number of halogens is 1. The van der Waals surface area contributed by atoms with Crippen molar-refractivity contribution >= 4 is 0 Å². The van der Waals surface area contributed by atoms with Crippen LogP contribution in [0.25, 0.3) is 0 Å². The third kappa shape index (κ3) is 4.32. The second-order valence-electron chi connectivity index (χ2n) is 4.93. The molecule has 1 saturated heterocycles. The Kier molecular flexibility index (Phi) is 4.92. The Labute approximate surface area is 114 Å². The molecule has 0 atom stereocenters. The van der Waals surface area contributed by atoms with E-state index in [0.717, 1.165) is 38.3 Å². The number of nitrogens with zero attached hydrogens (tertiary/aromatic N) is 2. The van der Waals surface area contributed by atoms with Gasteiger partial charge < -0.3 is 10.6 Å². The van der Waals surface area contributed by atoms with Gasteiger partial charge in [0.2, 0.25) is 0 Å². The van der Waals surface area contributed by atoms with E-state index < -0.39 is 0 Å². The first-order chi connectivity index (χ1) is 9.17. The van der Waals surface area contributed by atoms with Crippen LogP contribution in [-0.2, 0) is 6.54 Å². The highest BCUT2D eigenvalue weighted by atomic mass is 19.1. The third-order valence-electron chi connectivity index (χ3n) is 3.29. The molecule has 2 N–H and O–H groups in total. The third-order valence-corrected chi connectivity index (χ3v) is 3.29. The van der Waals surface area contributed by atoms with Crippen molar-refractivity contribution in [3.05, 3.63) is 35.1 Å². The average Bonchev–Trinajstić information content (AvgIpc) is 2.38. The monoisotopic (exact) mass is 261 g/mol. The lowest BCUT2D eigenvalue weighted by atomic mass is 10.1. The zero-order valence-corrected chi connectivity index (χ0v) is 11.3. The van der Waals surface area contributed by atoms with E-state index in [9.17, 15) is 4.39 Å². The predicted molar refractivity (Wildman–Crippen MR) is 75.1 cm³/mol. The van der Waals surface area contributed by atoms with Crippen molar-refractivity contribution in [2.24, 2.45) is 5.73 Å². The van der Waals surface area contributed by atoms with E-state index in [4.69, 9.17) is 5.73 Å². The second kappa shape index (κ2) is 6.67. The molecule has 0 radical (unpaired) electrons. The fourth-order valence-electron chi connectivity index (χ4n) is 2.23. The van der Waals surface area contributed by atoms with Gasteiger partial charge in [0.1, 0.15) is 5.82 Å². The lowest BCUT2D eigenvalue weighted by molar-refractivity contribution is 0.148. The van der Waals surface area contributed by atoms with E-state index in [1.165, 1.54) is 6.07 Å². The molecule has 0 saturated carbocycles. The van der Waals surface area contributed by atoms with E-state index in [0.29, 0.717) is 12.1 Å². The minimum absolute atomic E-state index is 0.229. The van der Waals surface area contributed by atoms with Crippen LogP contribution in [0, 0.1) is 17.7 Å². The highest BCUT2D eigenvalue weighted by Gasteiger charge is 2.14. The van der Waals surface area contributed by atoms with Crippen LogP contribution < -0.4 is 5.73 Å². The molecule has 1 aliphatic rings. The number of benzene rings is 1. The minimum Gasteiger partial charge on any atom is -0.320 e. The molecule has 0 unspecified atom stereocenters. The summed E-state index contributed by atoms with van der Waals surface area (Å²) in [5, 5.41) is 0. The fourth-order valence-corrected chi connectivity index (χ4v) is 2.23. The van der Waals surface area contributed by atoms with Gasteiger partial charge in [0.25, 0.3) is 0 Å². The quantitative estimate of drug-likeness (QED) is 0.802. The van der Waals surface area contributed by atoms with Crippen LogP contribution in [0.15, 0.2) is 18.2 Å². The lowest BCUT2D eigenvalue weighted by Gasteiger charge is -2.32. The van der Waals surface area contributed by atoms with Crippen LogP contribution in [0.2, 0.25) is 0 Å². The van der Waals surface area contributed by atoms with Crippen LogP contribution in [0.1, 0.15) is 11.1 Å². The topological polar surface area (TPSA) is 32.5 Å². The predicted octanol–water partition coefficient (Wildman–Crippen LogP) is 0.883. The van der Waals surface area contributed by atoms with E-state index in [1.54, 1.807) is 6.07 Å². The fraction of sp³-hybridized carbons (Fsp3) is 0.467. The van der Waals surface area contributed by atoms with Crippen molar-refractivity contribution in [3.63, 3.8) is 0 Å². The van der Waals surface area contributed by atoms with Gasteiger partial charge in [0.15, 0.2) is 0 Å². The maximum atomic E-state index is 13.5. The summed E-state index contributed by atoms with van der Waals surface area (Å²) in [6, 6.07) is 4.99. The van der Waals surface area contributed by atoms with Crippen molar-refractivity contribution in [1.29, 1.82) is 0 Å². The average molecular weight is 261 g/mol. The minimum atomic E-state index is -0.229. The number of rotatable bonds is 2. The van der Waals surface area contributed by atoms with Gasteiger partial charge in [-0.1, -0.05) is 11.8 Å². The Morgan fingerprint density at radius 1 is 1.21 bits per heavy atom. The zero-order chi connectivity index (χ0) is 13.7. The normalized spacial score (nSPS) is 17.0. The molecule has 1 aromatic carbocycles. The SMILES string of the molecule is CN1CCN(Cc2cc(F)cc(C#CCN)c2)CC1. The molecule has 3 nitrogen and oxygen atoms in total. The van der Waals surface area contributed by atoms with Gasteiger partial charge in [-0.2, -0.15) is 0 Å². The van der Waals surface area contributed by atoms with Crippen molar-refractivity contribution in [3.8, 4) is 11.8 Å². The van der Waals surface area contributed by atoms with Crippen molar-refractivity contribution in [2.75, 3.05) is 39.8 Å². The number of hydrogen-bond donors (Lipinski definition) is 1. The maximum Gasteiger partial charge on any atom is 0.124 e. The maximum absolute atomic E-state index is 13.5. The van der Waals surface area contributed by atoms with Crippen molar-refractivity contribution < 1.29 is 4.39 Å². The van der Waals surface area contributed by atoms with E-state index in [2.05, 4.69) is 28.7 Å². The summed E-state index contributed by atoms with van der Waals surface area (Å²) in [7, 11) is 2.13. The standard InChI is InChI=1S/C15H20FN3/c1-18-5-7-19(8-6-18)12-14-9-13(3-2-4-17)10-15(16)11-14/h9-11H,4-8,12,17H2,1H3. The van der Waals surface area contributed by atoms with Crippen LogP contribution in [0.3, 0.4) is 0 Å². The van der Waals surface area contributed by atoms with Gasteiger partial charge in [0.05, 0.1) is 6.54 Å². The highest BCUT2D eigenvalue weighted by molar-refractivity contribution is 5.38. The Balaban J connectivity index is 2.05. The Bertz CT molecular complexity index is 482. The van der Waals surface area contributed by atoms with Gasteiger partial charge in [-0.3, -0.25) is 4.90 Å². The van der Waals surface area contributed by atoms with Gasteiger partial charge in [0, 0.05) is 38.3 Å². The Morgan fingerprint density at radius 3 is 2.63 bits per heavy atom. The summed E-state index contributed by atoms with van der Waals surface area (Å²) in [6.07, 6.45) is 0. The molecular weight excluding hydrogens is 241 g/mol. The molecule has 19 heavy (non-hydrogen) atoms. The summed E-state index contributed by atoms with van der Waals surface area (Å²) in [4.78, 5) is 4.65. The molecule has 0 amide bonds. The largest absolute Gasteiger partial charge is 0.320 e. The van der Waals surface area contributed by atoms with E-state index in [1.807, 2.05) is 6.07 Å². The molecule has 1 aliphatic heterocycles. The summed E-state index contributed by atoms with van der Waals surface area (Å²) < 4.78 is 13.5. The molecule has 2 rings (SSSR count). The summed E-state index contributed by atoms with van der Waals surface area (Å²) in [6.45, 7) is 5.26. The molecule has 0 aliphatic carbocycles. The molecule has 1 aromatic rings. The Hall–Kier alpha value is -1.41. The molecule has 0 bridgehead atoms. The molecule has 4 heteroatoms. The summed E-state index contributed by atoms with van der Waals surface area (Å²) in [5.41, 5.74) is 7.02. The molecular formula is C15H20FN3. The molecule has 1 fully saturated rings. The number of hydrogen-bond acceptors (Lipinski definition) is 3. The first-order valence-electron chi connectivity index (χ1n) is 6.56. The van der Waals surface area contributed by atoms with Crippen LogP contribution in [0.5, 0.6) is 0 Å². The van der Waals surface area contributed by atoms with E-state index >= 15 is 0 Å². The molecule has 0 aromatic heterocycles. The summed E-state index contributed by atoms with van der Waals surface area (Å²) >= 11 is 0. The highest BCUT2D eigenvalue weighted by Crippen LogP contribution is 2.12. The lowest BCUT2D eigenvalue weighted by Crippen LogP contribution is -2.43. The van der Waals surface area contributed by atoms with Crippen LogP contribution >= 0.6 is 0 Å². The smallest absolute Gasteiger partial charge is 0.124 e. The first kappa shape index (κ1) is 14.0. The van der Waals surface area contributed by atoms with Gasteiger partial charge >= 0.3 is 0 Å². The van der Waals surface area contributed by atoms with Gasteiger partial charge in [-0.15, -0.1) is 0 Å². The van der Waals surface area contributed by atoms with Crippen molar-refractivity contribution in [1.82, 2.24) is 9.80 Å². The molecule has 0 spiro atoms. The van der Waals surface area contributed by atoms with E-state index in [-0.39, 0.29) is 5.82 Å². The zero-order valence-electron chi connectivity index (χ0n) is 11.3. The van der Waals surface area contributed by atoms with Crippen LogP contribution in [0.4, 0.5) is 4.39 Å². The molecule has 1 heterocycles. The summed E-state index contributed by atoms with van der Waals surface area (Å²) in [5.74, 6) is 5.42. The second-order valence-corrected chi connectivity index (χ2v) is 4.93. The number of nitrogens with two attached hydrogens (primary N) is 1. The van der Waals surface area contributed by atoms with Gasteiger partial charge in [-0.05, 0) is 30.8 Å². The first-order valence-corrected chi connectivity index (χ1v) is 6.56.